The van der Waals surface area contributed by atoms with Gasteiger partial charge in [-0.3, -0.25) is 9.80 Å². The van der Waals surface area contributed by atoms with E-state index in [1.807, 2.05) is 12.1 Å². The molecule has 288 valence electrons. The standard InChI is InChI=1S/C47H56N4O4/c52-32-34-12-14-39(15-13-34)44-25-43(31-51-18-16-50(17-19-51)30-33-6-2-1-3-7-33)54-45(55-44)42-11-5-10-41(24-42)40-9-4-8-35(23-40)29-48-46(53)49-47-26-36-20-37(27-47)22-38(21-36)28-47/h1-15,23-24,36-38,43-45,52H,16-22,25-32H2,(H2,48,49,53). The summed E-state index contributed by atoms with van der Waals surface area (Å²) in [6, 6.07) is 35.8. The van der Waals surface area contributed by atoms with Crippen LogP contribution in [0.5, 0.6) is 0 Å². The molecule has 3 unspecified atom stereocenters. The molecule has 8 heteroatoms. The van der Waals surface area contributed by atoms with Crippen molar-refractivity contribution in [2.24, 2.45) is 17.8 Å². The van der Waals surface area contributed by atoms with E-state index in [4.69, 9.17) is 9.47 Å². The molecular formula is C47H56N4O4. The van der Waals surface area contributed by atoms with Crippen molar-refractivity contribution in [1.82, 2.24) is 20.4 Å². The Kier molecular flexibility index (Phi) is 10.8. The maximum Gasteiger partial charge on any atom is 0.315 e. The molecular weight excluding hydrogens is 685 g/mol. The normalized spacial score (nSPS) is 29.3. The number of piperazine rings is 1. The van der Waals surface area contributed by atoms with Crippen LogP contribution in [0.3, 0.4) is 0 Å². The number of hydrogen-bond donors (Lipinski definition) is 3. The smallest absolute Gasteiger partial charge is 0.315 e. The topological polar surface area (TPSA) is 86.3 Å². The summed E-state index contributed by atoms with van der Waals surface area (Å²) >= 11 is 0. The van der Waals surface area contributed by atoms with Crippen LogP contribution in [-0.2, 0) is 29.2 Å². The van der Waals surface area contributed by atoms with E-state index in [0.29, 0.717) is 6.54 Å². The number of hydrogen-bond acceptors (Lipinski definition) is 6. The highest BCUT2D eigenvalue weighted by Crippen LogP contribution is 2.55. The Labute approximate surface area is 326 Å². The SMILES string of the molecule is O=C(NCc1cccc(-c2cccc(C3OC(CN4CCN(Cc5ccccc5)CC4)CC(c4ccc(CO)cc4)O3)c2)c1)NC12CC3CC(CC(C3)C1)C2. The Bertz CT molecular complexity index is 1870. The molecule has 4 aromatic rings. The van der Waals surface area contributed by atoms with Crippen molar-refractivity contribution in [3.63, 3.8) is 0 Å². The van der Waals surface area contributed by atoms with E-state index in [-0.39, 0.29) is 30.4 Å². The number of nitrogens with zero attached hydrogens (tertiary/aromatic N) is 2. The van der Waals surface area contributed by atoms with Crippen LogP contribution in [0.1, 0.15) is 85.2 Å². The van der Waals surface area contributed by atoms with Crippen LogP contribution < -0.4 is 10.6 Å². The van der Waals surface area contributed by atoms with Gasteiger partial charge in [-0.25, -0.2) is 4.79 Å². The quantitative estimate of drug-likeness (QED) is 0.145. The molecule has 4 aliphatic carbocycles. The Morgan fingerprint density at radius 3 is 2.04 bits per heavy atom. The molecule has 2 aliphatic heterocycles. The lowest BCUT2D eigenvalue weighted by atomic mass is 9.53. The Morgan fingerprint density at radius 1 is 0.673 bits per heavy atom. The van der Waals surface area contributed by atoms with Gasteiger partial charge in [-0.15, -0.1) is 0 Å². The minimum atomic E-state index is -0.515. The molecule has 6 aliphatic rings. The first-order valence-electron chi connectivity index (χ1n) is 20.7. The van der Waals surface area contributed by atoms with Gasteiger partial charge in [0.1, 0.15) is 0 Å². The van der Waals surface area contributed by atoms with Crippen molar-refractivity contribution < 1.29 is 19.4 Å². The molecule has 8 nitrogen and oxygen atoms in total. The van der Waals surface area contributed by atoms with Crippen molar-refractivity contribution in [1.29, 1.82) is 0 Å². The molecule has 2 heterocycles. The fourth-order valence-electron chi connectivity index (χ4n) is 10.7. The molecule has 3 atom stereocenters. The van der Waals surface area contributed by atoms with Gasteiger partial charge in [-0.1, -0.05) is 91.0 Å². The molecule has 55 heavy (non-hydrogen) atoms. The highest BCUT2D eigenvalue weighted by atomic mass is 16.7. The second-order valence-electron chi connectivity index (χ2n) is 17.2. The summed E-state index contributed by atoms with van der Waals surface area (Å²) < 4.78 is 13.5. The predicted octanol–water partition coefficient (Wildman–Crippen LogP) is 7.98. The highest BCUT2D eigenvalue weighted by Gasteiger charge is 2.51. The van der Waals surface area contributed by atoms with Gasteiger partial charge in [-0.05, 0) is 102 Å². The van der Waals surface area contributed by atoms with Crippen LogP contribution in [0.2, 0.25) is 0 Å². The number of carbonyl (C=O) groups is 1. The maximum absolute atomic E-state index is 13.2. The maximum atomic E-state index is 13.2. The summed E-state index contributed by atoms with van der Waals surface area (Å²) in [5.74, 6) is 2.39. The van der Waals surface area contributed by atoms with Crippen LogP contribution >= 0.6 is 0 Å². The molecule has 4 saturated carbocycles. The minimum absolute atomic E-state index is 0.00276. The number of amides is 2. The fraction of sp³-hybridized carbons (Fsp3) is 0.468. The molecule has 2 amide bonds. The molecule has 4 aromatic carbocycles. The number of ether oxygens (including phenoxy) is 2. The minimum Gasteiger partial charge on any atom is -0.392 e. The van der Waals surface area contributed by atoms with E-state index < -0.39 is 6.29 Å². The second kappa shape index (κ2) is 16.2. The van der Waals surface area contributed by atoms with Crippen molar-refractivity contribution in [3.05, 3.63) is 131 Å². The fourth-order valence-corrected chi connectivity index (χ4v) is 10.7. The predicted molar refractivity (Wildman–Crippen MR) is 215 cm³/mol. The van der Waals surface area contributed by atoms with Crippen LogP contribution in [0.25, 0.3) is 11.1 Å². The number of rotatable bonds is 11. The van der Waals surface area contributed by atoms with Gasteiger partial charge in [0.2, 0.25) is 0 Å². The Hall–Kier alpha value is -4.05. The molecule has 6 fully saturated rings. The number of aliphatic hydroxyl groups excluding tert-OH is 1. The first kappa shape index (κ1) is 36.6. The van der Waals surface area contributed by atoms with Crippen LogP contribution in [0.4, 0.5) is 4.79 Å². The van der Waals surface area contributed by atoms with Gasteiger partial charge in [0.25, 0.3) is 0 Å². The number of benzene rings is 4. The molecule has 0 radical (unpaired) electrons. The lowest BCUT2D eigenvalue weighted by Gasteiger charge is -2.56. The van der Waals surface area contributed by atoms with Crippen molar-refractivity contribution in [2.75, 3.05) is 32.7 Å². The molecule has 0 spiro atoms. The number of carbonyl (C=O) groups excluding carboxylic acids is 1. The van der Waals surface area contributed by atoms with E-state index in [2.05, 4.69) is 111 Å². The van der Waals surface area contributed by atoms with Crippen molar-refractivity contribution in [3.8, 4) is 11.1 Å². The van der Waals surface area contributed by atoms with Crippen molar-refractivity contribution >= 4 is 6.03 Å². The number of nitrogens with one attached hydrogen (secondary N) is 2. The molecule has 0 aromatic heterocycles. The summed E-state index contributed by atoms with van der Waals surface area (Å²) in [6.45, 7) is 6.46. The van der Waals surface area contributed by atoms with Gasteiger partial charge < -0.3 is 25.2 Å². The zero-order valence-electron chi connectivity index (χ0n) is 32.0. The Balaban J connectivity index is 0.859. The van der Waals surface area contributed by atoms with E-state index in [9.17, 15) is 9.90 Å². The Morgan fingerprint density at radius 2 is 1.33 bits per heavy atom. The van der Waals surface area contributed by atoms with E-state index in [0.717, 1.165) is 116 Å². The van der Waals surface area contributed by atoms with Gasteiger partial charge in [0, 0.05) is 63.3 Å². The van der Waals surface area contributed by atoms with E-state index in [1.165, 1.54) is 24.8 Å². The average molecular weight is 741 g/mol. The van der Waals surface area contributed by atoms with Crippen LogP contribution in [-0.4, -0.2) is 65.3 Å². The third kappa shape index (κ3) is 8.69. The first-order chi connectivity index (χ1) is 26.9. The van der Waals surface area contributed by atoms with Gasteiger partial charge in [0.15, 0.2) is 6.29 Å². The second-order valence-corrected chi connectivity index (χ2v) is 17.2. The largest absolute Gasteiger partial charge is 0.392 e. The highest BCUT2D eigenvalue weighted by molar-refractivity contribution is 5.75. The van der Waals surface area contributed by atoms with Crippen molar-refractivity contribution in [2.45, 2.75) is 88.7 Å². The molecule has 2 saturated heterocycles. The van der Waals surface area contributed by atoms with Gasteiger partial charge >= 0.3 is 6.03 Å². The van der Waals surface area contributed by atoms with Gasteiger partial charge in [0.05, 0.1) is 18.8 Å². The summed E-state index contributed by atoms with van der Waals surface area (Å²) in [5, 5.41) is 16.3. The molecule has 10 rings (SSSR count). The van der Waals surface area contributed by atoms with E-state index >= 15 is 0 Å². The van der Waals surface area contributed by atoms with Crippen LogP contribution in [0, 0.1) is 17.8 Å². The first-order valence-corrected chi connectivity index (χ1v) is 20.7. The third-order valence-electron chi connectivity index (χ3n) is 13.1. The molecule has 3 N–H and O–H groups in total. The van der Waals surface area contributed by atoms with Gasteiger partial charge in [-0.2, -0.15) is 0 Å². The number of aliphatic hydroxyl groups is 1. The zero-order chi connectivity index (χ0) is 37.2. The zero-order valence-corrected chi connectivity index (χ0v) is 32.0. The monoisotopic (exact) mass is 740 g/mol. The summed E-state index contributed by atoms with van der Waals surface area (Å²) in [6.07, 6.45) is 7.67. The number of urea groups is 1. The van der Waals surface area contributed by atoms with E-state index in [1.54, 1.807) is 0 Å². The summed E-state index contributed by atoms with van der Waals surface area (Å²) in [5.41, 5.74) is 7.61. The summed E-state index contributed by atoms with van der Waals surface area (Å²) in [7, 11) is 0. The van der Waals surface area contributed by atoms with Crippen LogP contribution in [0.15, 0.2) is 103 Å². The lowest BCUT2D eigenvalue weighted by Crippen LogP contribution is -2.61. The summed E-state index contributed by atoms with van der Waals surface area (Å²) in [4.78, 5) is 18.3. The third-order valence-corrected chi connectivity index (χ3v) is 13.1. The average Bonchev–Trinajstić information content (AvgIpc) is 3.21. The lowest BCUT2D eigenvalue weighted by molar-refractivity contribution is -0.253. The molecule has 4 bridgehead atoms.